The molecule has 4 aliphatic heterocycles. The Bertz CT molecular complexity index is 1730. The smallest absolute Gasteiger partial charge is 0.318 e. The van der Waals surface area contributed by atoms with Crippen LogP contribution in [0.15, 0.2) is 30.5 Å². The monoisotopic (exact) mass is 621 g/mol. The van der Waals surface area contributed by atoms with Crippen molar-refractivity contribution in [1.82, 2.24) is 19.9 Å². The van der Waals surface area contributed by atoms with Gasteiger partial charge in [0.15, 0.2) is 5.82 Å². The van der Waals surface area contributed by atoms with Crippen molar-refractivity contribution in [3.05, 3.63) is 47.7 Å². The molecule has 45 heavy (non-hydrogen) atoms. The Morgan fingerprint density at radius 1 is 1.02 bits per heavy atom. The quantitative estimate of drug-likeness (QED) is 0.283. The van der Waals surface area contributed by atoms with Crippen molar-refractivity contribution in [2.24, 2.45) is 0 Å². The third kappa shape index (κ3) is 5.33. The van der Waals surface area contributed by atoms with Crippen molar-refractivity contribution < 1.29 is 28.1 Å². The highest BCUT2D eigenvalue weighted by Gasteiger charge is 2.42. The largest absolute Gasteiger partial charge is 0.508 e. The van der Waals surface area contributed by atoms with Crippen LogP contribution >= 0.6 is 0 Å². The SMILES string of the molecule is CCc1c(F)ccc2cc(O)cc(-c3ncc4c(N5[C@@H]6CC[C@H]5CC(O)C6)nc(OC)nc4c3F)c12.F[C@@H]1CC2CCCN2C1. The molecular weight excluding hydrogens is 583 g/mol. The van der Waals surface area contributed by atoms with Crippen LogP contribution in [0.3, 0.4) is 0 Å². The lowest BCUT2D eigenvalue weighted by Gasteiger charge is -2.38. The van der Waals surface area contributed by atoms with Crippen molar-refractivity contribution >= 4 is 27.5 Å². The number of nitrogens with zero attached hydrogens (tertiary/aromatic N) is 5. The highest BCUT2D eigenvalue weighted by molar-refractivity contribution is 6.01. The summed E-state index contributed by atoms with van der Waals surface area (Å²) in [4.78, 5) is 17.8. The summed E-state index contributed by atoms with van der Waals surface area (Å²) in [5.41, 5.74) is 0.722. The predicted octanol–water partition coefficient (Wildman–Crippen LogP) is 6.08. The van der Waals surface area contributed by atoms with Gasteiger partial charge in [0, 0.05) is 36.4 Å². The number of ether oxygens (including phenoxy) is 1. The van der Waals surface area contributed by atoms with Gasteiger partial charge in [-0.3, -0.25) is 9.88 Å². The minimum Gasteiger partial charge on any atom is -0.508 e. The third-order valence-electron chi connectivity index (χ3n) is 10.0. The number of piperidine rings is 1. The molecule has 4 aliphatic rings. The number of hydrogen-bond donors (Lipinski definition) is 2. The Morgan fingerprint density at radius 3 is 2.51 bits per heavy atom. The number of hydrogen-bond acceptors (Lipinski definition) is 8. The molecule has 0 saturated carbocycles. The predicted molar refractivity (Wildman–Crippen MR) is 166 cm³/mol. The fourth-order valence-electron chi connectivity index (χ4n) is 8.05. The van der Waals surface area contributed by atoms with Gasteiger partial charge < -0.3 is 19.8 Å². The molecule has 2 N–H and O–H groups in total. The van der Waals surface area contributed by atoms with Gasteiger partial charge in [-0.15, -0.1) is 0 Å². The van der Waals surface area contributed by atoms with E-state index in [1.54, 1.807) is 6.07 Å². The zero-order chi connectivity index (χ0) is 31.4. The van der Waals surface area contributed by atoms with Gasteiger partial charge in [-0.05, 0) is 92.4 Å². The average molecular weight is 622 g/mol. The van der Waals surface area contributed by atoms with Gasteiger partial charge in [0.25, 0.3) is 0 Å². The van der Waals surface area contributed by atoms with E-state index in [-0.39, 0.29) is 41.2 Å². The van der Waals surface area contributed by atoms with Crippen LogP contribution < -0.4 is 9.64 Å². The summed E-state index contributed by atoms with van der Waals surface area (Å²) in [5, 5.41) is 22.2. The van der Waals surface area contributed by atoms with E-state index in [0.29, 0.717) is 65.0 Å². The van der Waals surface area contributed by atoms with Gasteiger partial charge in [0.05, 0.1) is 18.6 Å². The molecule has 2 unspecified atom stereocenters. The van der Waals surface area contributed by atoms with Gasteiger partial charge >= 0.3 is 6.01 Å². The molecule has 0 radical (unpaired) electrons. The number of rotatable bonds is 4. The van der Waals surface area contributed by atoms with Crippen molar-refractivity contribution in [3.63, 3.8) is 0 Å². The summed E-state index contributed by atoms with van der Waals surface area (Å²) in [5.74, 6) is -0.628. The van der Waals surface area contributed by atoms with Crippen LogP contribution in [0.4, 0.5) is 19.0 Å². The first-order chi connectivity index (χ1) is 21.7. The lowest BCUT2D eigenvalue weighted by molar-refractivity contribution is 0.126. The van der Waals surface area contributed by atoms with E-state index in [0.717, 1.165) is 25.8 Å². The molecule has 6 heterocycles. The lowest BCUT2D eigenvalue weighted by Crippen LogP contribution is -2.45. The summed E-state index contributed by atoms with van der Waals surface area (Å²) in [7, 11) is 1.43. The molecule has 5 atom stereocenters. The molecule has 8 nitrogen and oxygen atoms in total. The van der Waals surface area contributed by atoms with Crippen LogP contribution in [0, 0.1) is 11.6 Å². The number of alkyl halides is 1. The molecule has 4 fully saturated rings. The number of methoxy groups -OCH3 is 1. The zero-order valence-electron chi connectivity index (χ0n) is 25.5. The molecule has 2 bridgehead atoms. The Morgan fingerprint density at radius 2 is 1.80 bits per heavy atom. The number of aliphatic hydroxyl groups excluding tert-OH is 1. The molecule has 0 spiro atoms. The van der Waals surface area contributed by atoms with Gasteiger partial charge in [0.1, 0.15) is 34.8 Å². The van der Waals surface area contributed by atoms with E-state index in [1.807, 2.05) is 6.92 Å². The number of fused-ring (bicyclic) bond motifs is 5. The van der Waals surface area contributed by atoms with Crippen LogP contribution in [-0.4, -0.2) is 80.7 Å². The molecule has 4 saturated heterocycles. The van der Waals surface area contributed by atoms with Crippen molar-refractivity contribution in [1.29, 1.82) is 0 Å². The molecule has 11 heteroatoms. The summed E-state index contributed by atoms with van der Waals surface area (Å²) in [6.45, 7) is 3.68. The summed E-state index contributed by atoms with van der Waals surface area (Å²) >= 11 is 0. The fourth-order valence-corrected chi connectivity index (χ4v) is 8.05. The van der Waals surface area contributed by atoms with E-state index in [1.165, 1.54) is 44.3 Å². The third-order valence-corrected chi connectivity index (χ3v) is 10.0. The minimum absolute atomic E-state index is 0.0279. The van der Waals surface area contributed by atoms with Gasteiger partial charge in [-0.2, -0.15) is 9.97 Å². The van der Waals surface area contributed by atoms with Crippen LogP contribution in [0.5, 0.6) is 11.8 Å². The van der Waals surface area contributed by atoms with Crippen molar-refractivity contribution in [2.75, 3.05) is 25.1 Å². The summed E-state index contributed by atoms with van der Waals surface area (Å²) in [6.07, 6.45) is 7.47. The minimum atomic E-state index is -0.697. The number of pyridine rings is 1. The van der Waals surface area contributed by atoms with Crippen LogP contribution in [-0.2, 0) is 6.42 Å². The van der Waals surface area contributed by atoms with Gasteiger partial charge in [-0.25, -0.2) is 13.2 Å². The van der Waals surface area contributed by atoms with E-state index in [9.17, 15) is 19.0 Å². The van der Waals surface area contributed by atoms with E-state index < -0.39 is 17.8 Å². The fraction of sp³-hybridized carbons (Fsp3) is 0.500. The van der Waals surface area contributed by atoms with Crippen LogP contribution in [0.2, 0.25) is 0 Å². The van der Waals surface area contributed by atoms with E-state index in [2.05, 4.69) is 24.8 Å². The maximum absolute atomic E-state index is 16.2. The van der Waals surface area contributed by atoms with Crippen LogP contribution in [0.25, 0.3) is 32.9 Å². The maximum atomic E-state index is 16.2. The average Bonchev–Trinajstić information content (AvgIpc) is 3.68. The Hall–Kier alpha value is -3.70. The highest BCUT2D eigenvalue weighted by Crippen LogP contribution is 2.43. The first-order valence-electron chi connectivity index (χ1n) is 15.9. The zero-order valence-corrected chi connectivity index (χ0v) is 25.5. The normalized spacial score (nSPS) is 25.9. The van der Waals surface area contributed by atoms with Gasteiger partial charge in [0.2, 0.25) is 0 Å². The molecule has 0 amide bonds. The number of aromatic nitrogens is 3. The second-order valence-corrected chi connectivity index (χ2v) is 12.7. The Balaban J connectivity index is 0.000000308. The number of benzene rings is 2. The van der Waals surface area contributed by atoms with Crippen molar-refractivity contribution in [3.8, 4) is 23.0 Å². The molecule has 8 rings (SSSR count). The maximum Gasteiger partial charge on any atom is 0.318 e. The second-order valence-electron chi connectivity index (χ2n) is 12.7. The number of halogens is 3. The topological polar surface area (TPSA) is 94.8 Å². The molecular formula is C34H38F3N5O3. The van der Waals surface area contributed by atoms with E-state index >= 15 is 4.39 Å². The van der Waals surface area contributed by atoms with Crippen LogP contribution in [0.1, 0.15) is 57.4 Å². The lowest BCUT2D eigenvalue weighted by atomic mass is 9.94. The summed E-state index contributed by atoms with van der Waals surface area (Å²) < 4.78 is 48.9. The Kier molecular flexibility index (Phi) is 7.93. The second kappa shape index (κ2) is 11.9. The standard InChI is InChI=1S/C27H26F2N4O3.C7H12FN/c1-3-18-21(28)7-4-13-8-16(34)11-19(22(13)18)24-23(29)25-20(12-30-24)26(32-27(31-25)36-2)33-14-5-6-15(33)10-17(35)9-14;8-6-4-7-2-1-3-9(7)5-6/h4,7-8,11-12,14-15,17,34-35H,3,5-6,9-10H2,1-2H3;6-7H,1-5H2/t14-,15+,17?;6-,7?/m.1/s1. The number of phenolic OH excluding ortho intramolecular Hbond substituents is 1. The number of phenols is 1. The van der Waals surface area contributed by atoms with E-state index in [4.69, 9.17) is 4.74 Å². The first kappa shape index (κ1) is 30.0. The van der Waals surface area contributed by atoms with Gasteiger partial charge in [-0.1, -0.05) is 13.0 Å². The molecule has 238 valence electrons. The Labute approximate surface area is 259 Å². The number of aliphatic hydroxyl groups is 1. The molecule has 2 aromatic carbocycles. The molecule has 4 aromatic rings. The first-order valence-corrected chi connectivity index (χ1v) is 15.9. The number of aromatic hydroxyl groups is 1. The molecule has 0 aliphatic carbocycles. The van der Waals surface area contributed by atoms with Crippen molar-refractivity contribution in [2.45, 2.75) is 88.7 Å². The number of anilines is 1. The highest BCUT2D eigenvalue weighted by atomic mass is 19.1. The number of aryl methyl sites for hydroxylation is 1. The summed E-state index contributed by atoms with van der Waals surface area (Å²) in [6, 6.07) is 6.67. The molecule has 2 aromatic heterocycles.